The van der Waals surface area contributed by atoms with Gasteiger partial charge in [0.25, 0.3) is 0 Å². The van der Waals surface area contributed by atoms with Gasteiger partial charge in [0.1, 0.15) is 0 Å². The Morgan fingerprint density at radius 2 is 1.92 bits per heavy atom. The van der Waals surface area contributed by atoms with E-state index in [0.29, 0.717) is 6.04 Å². The molecule has 1 atom stereocenters. The van der Waals surface area contributed by atoms with Crippen LogP contribution in [0.5, 0.6) is 0 Å². The molecule has 0 aromatic carbocycles. The second-order valence-corrected chi connectivity index (χ2v) is 8.03. The topological polar surface area (TPSA) is 53.2 Å². The standard InChI is InChI=1S/C19H32N4O.2ClH/c1-23(14-18-16-5-3-2-4-6-17(16)21-22-18)15-7-12-24-19(13-15)8-10-20-11-9-19;;/h15,20H,2-14H2,1H3,(H,21,22);2*1H. The van der Waals surface area contributed by atoms with Gasteiger partial charge in [-0.1, -0.05) is 6.42 Å². The molecule has 150 valence electrons. The van der Waals surface area contributed by atoms with Gasteiger partial charge in [-0.2, -0.15) is 5.10 Å². The molecule has 1 unspecified atom stereocenters. The SMILES string of the molecule is CN(Cc1n[nH]c2c1CCCCC2)C1CCOC2(CCNCC2)C1.Cl.Cl. The summed E-state index contributed by atoms with van der Waals surface area (Å²) in [4.78, 5) is 2.54. The zero-order chi connectivity index (χ0) is 16.4. The van der Waals surface area contributed by atoms with Crippen molar-refractivity contribution in [1.82, 2.24) is 20.4 Å². The minimum absolute atomic E-state index is 0. The molecule has 3 heterocycles. The van der Waals surface area contributed by atoms with Crippen molar-refractivity contribution in [2.45, 2.75) is 76.0 Å². The average Bonchev–Trinajstić information content (AvgIpc) is 2.82. The molecule has 2 fully saturated rings. The maximum absolute atomic E-state index is 6.24. The van der Waals surface area contributed by atoms with E-state index in [1.807, 2.05) is 0 Å². The van der Waals surface area contributed by atoms with E-state index in [-0.39, 0.29) is 30.4 Å². The summed E-state index contributed by atoms with van der Waals surface area (Å²) in [6.07, 6.45) is 11.0. The number of H-pyrrole nitrogens is 1. The fourth-order valence-electron chi connectivity index (χ4n) is 4.83. The number of fused-ring (bicyclic) bond motifs is 1. The minimum Gasteiger partial charge on any atom is -0.375 e. The normalized spacial score (nSPS) is 25.1. The van der Waals surface area contributed by atoms with E-state index < -0.39 is 0 Å². The van der Waals surface area contributed by atoms with Crippen LogP contribution in [0.25, 0.3) is 0 Å². The third kappa shape index (κ3) is 4.74. The molecular weight excluding hydrogens is 371 g/mol. The summed E-state index contributed by atoms with van der Waals surface area (Å²) in [5.41, 5.74) is 4.34. The van der Waals surface area contributed by atoms with Crippen molar-refractivity contribution in [1.29, 1.82) is 0 Å². The van der Waals surface area contributed by atoms with Crippen LogP contribution in [0.15, 0.2) is 0 Å². The number of nitrogens with one attached hydrogen (secondary N) is 2. The van der Waals surface area contributed by atoms with Crippen LogP contribution in [0.1, 0.15) is 61.9 Å². The summed E-state index contributed by atoms with van der Waals surface area (Å²) in [5, 5.41) is 11.5. The predicted octanol–water partition coefficient (Wildman–Crippen LogP) is 3.26. The quantitative estimate of drug-likeness (QED) is 0.758. The lowest BCUT2D eigenvalue weighted by molar-refractivity contribution is -0.119. The molecule has 0 amide bonds. The first-order valence-electron chi connectivity index (χ1n) is 9.86. The first kappa shape index (κ1) is 22.0. The van der Waals surface area contributed by atoms with Gasteiger partial charge in [-0.15, -0.1) is 24.8 Å². The molecule has 2 aliphatic heterocycles. The van der Waals surface area contributed by atoms with Crippen LogP contribution in [0.2, 0.25) is 0 Å². The number of hydrogen-bond donors (Lipinski definition) is 2. The number of aromatic amines is 1. The number of ether oxygens (including phenoxy) is 1. The monoisotopic (exact) mass is 404 g/mol. The number of hydrogen-bond acceptors (Lipinski definition) is 4. The second kappa shape index (κ2) is 9.74. The molecule has 2 N–H and O–H groups in total. The minimum atomic E-state index is 0. The zero-order valence-electron chi connectivity index (χ0n) is 15.9. The van der Waals surface area contributed by atoms with Crippen molar-refractivity contribution in [2.24, 2.45) is 0 Å². The van der Waals surface area contributed by atoms with E-state index in [1.165, 1.54) is 55.5 Å². The van der Waals surface area contributed by atoms with Gasteiger partial charge < -0.3 is 10.1 Å². The summed E-state index contributed by atoms with van der Waals surface area (Å²) in [7, 11) is 2.28. The summed E-state index contributed by atoms with van der Waals surface area (Å²) >= 11 is 0. The third-order valence-corrected chi connectivity index (χ3v) is 6.40. The third-order valence-electron chi connectivity index (χ3n) is 6.40. The van der Waals surface area contributed by atoms with Gasteiger partial charge in [0.2, 0.25) is 0 Å². The van der Waals surface area contributed by atoms with Crippen molar-refractivity contribution in [3.05, 3.63) is 17.0 Å². The molecule has 1 aliphatic carbocycles. The Morgan fingerprint density at radius 3 is 2.73 bits per heavy atom. The second-order valence-electron chi connectivity index (χ2n) is 8.03. The highest BCUT2D eigenvalue weighted by Gasteiger charge is 2.39. The lowest BCUT2D eigenvalue weighted by Crippen LogP contribution is -2.52. The summed E-state index contributed by atoms with van der Waals surface area (Å²) < 4.78 is 6.24. The fraction of sp³-hybridized carbons (Fsp3) is 0.842. The van der Waals surface area contributed by atoms with Crippen molar-refractivity contribution in [3.63, 3.8) is 0 Å². The molecule has 5 nitrogen and oxygen atoms in total. The number of rotatable bonds is 3. The number of halogens is 2. The summed E-state index contributed by atoms with van der Waals surface area (Å²) in [6, 6.07) is 0.620. The average molecular weight is 405 g/mol. The van der Waals surface area contributed by atoms with Crippen LogP contribution in [-0.2, 0) is 24.1 Å². The van der Waals surface area contributed by atoms with E-state index in [2.05, 4.69) is 27.5 Å². The van der Waals surface area contributed by atoms with Gasteiger partial charge in [0.05, 0.1) is 11.3 Å². The Bertz CT molecular complexity index is 554. The smallest absolute Gasteiger partial charge is 0.0797 e. The Labute approximate surface area is 169 Å². The van der Waals surface area contributed by atoms with Gasteiger partial charge in [-0.05, 0) is 77.1 Å². The number of nitrogens with zero attached hydrogens (tertiary/aromatic N) is 2. The van der Waals surface area contributed by atoms with Gasteiger partial charge >= 0.3 is 0 Å². The van der Waals surface area contributed by atoms with Crippen LogP contribution in [0.3, 0.4) is 0 Å². The molecule has 3 aliphatic rings. The molecule has 7 heteroatoms. The molecular formula is C19H34Cl2N4O. The maximum atomic E-state index is 6.24. The van der Waals surface area contributed by atoms with Crippen LogP contribution in [0, 0.1) is 0 Å². The highest BCUT2D eigenvalue weighted by atomic mass is 35.5. The summed E-state index contributed by atoms with van der Waals surface area (Å²) in [6.45, 7) is 4.09. The molecule has 0 radical (unpaired) electrons. The van der Waals surface area contributed by atoms with E-state index in [4.69, 9.17) is 4.74 Å². The van der Waals surface area contributed by atoms with Crippen LogP contribution < -0.4 is 5.32 Å². The van der Waals surface area contributed by atoms with Crippen LogP contribution >= 0.6 is 24.8 Å². The first-order chi connectivity index (χ1) is 11.8. The molecule has 1 aromatic heterocycles. The fourth-order valence-corrected chi connectivity index (χ4v) is 4.83. The molecule has 0 saturated carbocycles. The van der Waals surface area contributed by atoms with E-state index in [1.54, 1.807) is 0 Å². The van der Waals surface area contributed by atoms with Gasteiger partial charge in [0, 0.05) is 24.9 Å². The van der Waals surface area contributed by atoms with Crippen molar-refractivity contribution in [3.8, 4) is 0 Å². The van der Waals surface area contributed by atoms with Crippen LogP contribution in [-0.4, -0.2) is 53.5 Å². The van der Waals surface area contributed by atoms with Gasteiger partial charge in [-0.25, -0.2) is 0 Å². The Balaban J connectivity index is 0.00000121. The Hall–Kier alpha value is -0.330. The van der Waals surface area contributed by atoms with Crippen LogP contribution in [0.4, 0.5) is 0 Å². The molecule has 0 bridgehead atoms. The van der Waals surface area contributed by atoms with Crippen molar-refractivity contribution < 1.29 is 4.74 Å². The van der Waals surface area contributed by atoms with E-state index in [0.717, 1.165) is 45.5 Å². The molecule has 1 spiro atoms. The van der Waals surface area contributed by atoms with E-state index >= 15 is 0 Å². The maximum Gasteiger partial charge on any atom is 0.0797 e. The highest BCUT2D eigenvalue weighted by molar-refractivity contribution is 5.85. The van der Waals surface area contributed by atoms with E-state index in [9.17, 15) is 0 Å². The van der Waals surface area contributed by atoms with Gasteiger partial charge in [0.15, 0.2) is 0 Å². The lowest BCUT2D eigenvalue weighted by Gasteiger charge is -2.46. The molecule has 1 aromatic rings. The zero-order valence-corrected chi connectivity index (χ0v) is 17.5. The first-order valence-corrected chi connectivity index (χ1v) is 9.86. The number of aromatic nitrogens is 2. The largest absolute Gasteiger partial charge is 0.375 e. The lowest BCUT2D eigenvalue weighted by atomic mass is 9.82. The predicted molar refractivity (Wildman–Crippen MR) is 110 cm³/mol. The molecule has 2 saturated heterocycles. The Kier molecular flexibility index (Phi) is 8.23. The van der Waals surface area contributed by atoms with Crippen molar-refractivity contribution >= 4 is 24.8 Å². The number of aryl methyl sites for hydroxylation is 1. The van der Waals surface area contributed by atoms with Crippen molar-refractivity contribution in [2.75, 3.05) is 26.7 Å². The summed E-state index contributed by atoms with van der Waals surface area (Å²) in [5.74, 6) is 0. The van der Waals surface area contributed by atoms with Gasteiger partial charge in [-0.3, -0.25) is 10.00 Å². The molecule has 4 rings (SSSR count). The molecule has 26 heavy (non-hydrogen) atoms. The highest BCUT2D eigenvalue weighted by Crippen LogP contribution is 2.35. The Morgan fingerprint density at radius 1 is 1.15 bits per heavy atom. The number of piperidine rings is 1.